The molecule has 0 N–H and O–H groups in total. The number of para-hydroxylation sites is 1. The molecule has 0 aliphatic heterocycles. The Kier molecular flexibility index (Phi) is 4.86. The first-order valence-corrected chi connectivity index (χ1v) is 10.0. The normalized spacial score (nSPS) is 11.9. The fraction of sp³-hybridized carbons (Fsp3) is 0.150. The van der Waals surface area contributed by atoms with Crippen LogP contribution in [-0.4, -0.2) is 24.5 Å². The van der Waals surface area contributed by atoms with Crippen LogP contribution in [-0.2, 0) is 9.84 Å². The molecule has 3 rings (SSSR count). The maximum absolute atomic E-state index is 11.7. The van der Waals surface area contributed by atoms with Gasteiger partial charge in [-0.25, -0.2) is 13.1 Å². The minimum atomic E-state index is -3.20. The number of sulfone groups is 1. The first-order valence-electron chi connectivity index (χ1n) is 8.11. The molecule has 2 aromatic carbocycles. The van der Waals surface area contributed by atoms with Crippen LogP contribution in [0.5, 0.6) is 0 Å². The van der Waals surface area contributed by atoms with Crippen LogP contribution in [0.1, 0.15) is 19.0 Å². The van der Waals surface area contributed by atoms with E-state index in [2.05, 4.69) is 18.1 Å². The molecule has 0 atom stereocenters. The highest BCUT2D eigenvalue weighted by Gasteiger charge is 2.12. The van der Waals surface area contributed by atoms with E-state index in [9.17, 15) is 8.42 Å². The molecule has 0 saturated carbocycles. The van der Waals surface area contributed by atoms with Crippen molar-refractivity contribution < 1.29 is 8.42 Å². The van der Waals surface area contributed by atoms with Crippen LogP contribution in [0.25, 0.3) is 23.0 Å². The molecule has 1 heterocycles. The van der Waals surface area contributed by atoms with E-state index in [1.54, 1.807) is 12.1 Å². The Morgan fingerprint density at radius 2 is 1.72 bits per heavy atom. The Hall–Kier alpha value is -2.66. The van der Waals surface area contributed by atoms with Gasteiger partial charge in [-0.2, -0.15) is 5.10 Å². The standard InChI is InChI=1S/C20H20N2O2S/c1-3-4-8-17-15-20(22(21-17)18-9-6-5-7-10-18)16-11-13-19(14-12-16)25(2,23)24/h4-15H,3H2,1-2H3/b8-4+. The molecule has 1 aromatic heterocycles. The third kappa shape index (κ3) is 3.88. The minimum Gasteiger partial charge on any atom is -0.233 e. The summed E-state index contributed by atoms with van der Waals surface area (Å²) in [5.74, 6) is 0. The topological polar surface area (TPSA) is 52.0 Å². The number of allylic oxidation sites excluding steroid dienone is 1. The molecule has 0 radical (unpaired) electrons. The lowest BCUT2D eigenvalue weighted by molar-refractivity contribution is 0.602. The average Bonchev–Trinajstić information content (AvgIpc) is 3.04. The minimum absolute atomic E-state index is 0.313. The fourth-order valence-corrected chi connectivity index (χ4v) is 3.19. The van der Waals surface area contributed by atoms with Gasteiger partial charge < -0.3 is 0 Å². The third-order valence-electron chi connectivity index (χ3n) is 3.83. The summed E-state index contributed by atoms with van der Waals surface area (Å²) >= 11 is 0. The van der Waals surface area contributed by atoms with Crippen molar-refractivity contribution in [1.29, 1.82) is 0 Å². The van der Waals surface area contributed by atoms with Crippen molar-refractivity contribution in [1.82, 2.24) is 9.78 Å². The zero-order valence-electron chi connectivity index (χ0n) is 14.3. The van der Waals surface area contributed by atoms with Gasteiger partial charge in [-0.05, 0) is 42.8 Å². The summed E-state index contributed by atoms with van der Waals surface area (Å²) in [6.45, 7) is 2.08. The van der Waals surface area contributed by atoms with Crippen molar-refractivity contribution in [2.45, 2.75) is 18.2 Å². The molecule has 0 spiro atoms. The van der Waals surface area contributed by atoms with Gasteiger partial charge in [0.2, 0.25) is 0 Å². The number of aromatic nitrogens is 2. The van der Waals surface area contributed by atoms with E-state index < -0.39 is 9.84 Å². The van der Waals surface area contributed by atoms with Gasteiger partial charge in [0.25, 0.3) is 0 Å². The van der Waals surface area contributed by atoms with E-state index in [1.165, 1.54) is 6.26 Å². The molecule has 0 amide bonds. The highest BCUT2D eigenvalue weighted by Crippen LogP contribution is 2.26. The molecule has 128 valence electrons. The molecule has 0 fully saturated rings. The van der Waals surface area contributed by atoms with E-state index in [0.29, 0.717) is 4.90 Å². The Bertz CT molecular complexity index is 986. The molecular weight excluding hydrogens is 332 g/mol. The third-order valence-corrected chi connectivity index (χ3v) is 4.96. The van der Waals surface area contributed by atoms with Gasteiger partial charge in [-0.15, -0.1) is 0 Å². The van der Waals surface area contributed by atoms with E-state index >= 15 is 0 Å². The monoisotopic (exact) mass is 352 g/mol. The van der Waals surface area contributed by atoms with E-state index in [-0.39, 0.29) is 0 Å². The molecule has 3 aromatic rings. The number of hydrogen-bond donors (Lipinski definition) is 0. The van der Waals surface area contributed by atoms with E-state index in [1.807, 2.05) is 59.3 Å². The largest absolute Gasteiger partial charge is 0.233 e. The predicted molar refractivity (Wildman–Crippen MR) is 101 cm³/mol. The van der Waals surface area contributed by atoms with Gasteiger partial charge >= 0.3 is 0 Å². The summed E-state index contributed by atoms with van der Waals surface area (Å²) in [5, 5.41) is 4.68. The second-order valence-corrected chi connectivity index (χ2v) is 7.82. The van der Waals surface area contributed by atoms with Crippen LogP contribution >= 0.6 is 0 Å². The maximum atomic E-state index is 11.7. The second kappa shape index (κ2) is 7.07. The van der Waals surface area contributed by atoms with Crippen LogP contribution < -0.4 is 0 Å². The molecule has 0 unspecified atom stereocenters. The van der Waals surface area contributed by atoms with Crippen molar-refractivity contribution in [2.24, 2.45) is 0 Å². The molecule has 0 aliphatic carbocycles. The smallest absolute Gasteiger partial charge is 0.175 e. The maximum Gasteiger partial charge on any atom is 0.175 e. The van der Waals surface area contributed by atoms with Gasteiger partial charge in [-0.3, -0.25) is 0 Å². The number of benzene rings is 2. The van der Waals surface area contributed by atoms with E-state index in [0.717, 1.165) is 29.1 Å². The SMILES string of the molecule is CC/C=C/c1cc(-c2ccc(S(C)(=O)=O)cc2)n(-c2ccccc2)n1. The molecule has 0 bridgehead atoms. The zero-order chi connectivity index (χ0) is 17.9. The first-order chi connectivity index (χ1) is 12.0. The van der Waals surface area contributed by atoms with Crippen LogP contribution in [0.3, 0.4) is 0 Å². The Morgan fingerprint density at radius 3 is 2.32 bits per heavy atom. The van der Waals surface area contributed by atoms with E-state index in [4.69, 9.17) is 0 Å². The highest BCUT2D eigenvalue weighted by molar-refractivity contribution is 7.90. The van der Waals surface area contributed by atoms with Crippen molar-refractivity contribution >= 4 is 15.9 Å². The zero-order valence-corrected chi connectivity index (χ0v) is 15.1. The van der Waals surface area contributed by atoms with Crippen LogP contribution in [0.2, 0.25) is 0 Å². The molecule has 0 saturated heterocycles. The molecule has 25 heavy (non-hydrogen) atoms. The number of hydrogen-bond acceptors (Lipinski definition) is 3. The van der Waals surface area contributed by atoms with Crippen molar-refractivity contribution in [2.75, 3.05) is 6.26 Å². The Balaban J connectivity index is 2.11. The fourth-order valence-electron chi connectivity index (χ4n) is 2.56. The van der Waals surface area contributed by atoms with Crippen molar-refractivity contribution in [3.05, 3.63) is 72.4 Å². The summed E-state index contributed by atoms with van der Waals surface area (Å²) in [5.41, 5.74) is 3.66. The lowest BCUT2D eigenvalue weighted by Crippen LogP contribution is -2.00. The van der Waals surface area contributed by atoms with Crippen LogP contribution in [0.15, 0.2) is 71.6 Å². The Labute approximate surface area is 148 Å². The average molecular weight is 352 g/mol. The predicted octanol–water partition coefficient (Wildman–Crippen LogP) is 4.37. The summed E-state index contributed by atoms with van der Waals surface area (Å²) in [6, 6.07) is 18.8. The van der Waals surface area contributed by atoms with Crippen molar-refractivity contribution in [3.63, 3.8) is 0 Å². The molecule has 0 aliphatic rings. The van der Waals surface area contributed by atoms with Gasteiger partial charge in [0.1, 0.15) is 0 Å². The summed E-state index contributed by atoms with van der Waals surface area (Å²) in [6.07, 6.45) is 6.21. The number of rotatable bonds is 5. The van der Waals surface area contributed by atoms with Crippen LogP contribution in [0.4, 0.5) is 0 Å². The second-order valence-electron chi connectivity index (χ2n) is 5.81. The molecular formula is C20H20N2O2S. The quantitative estimate of drug-likeness (QED) is 0.685. The highest BCUT2D eigenvalue weighted by atomic mass is 32.2. The van der Waals surface area contributed by atoms with Crippen molar-refractivity contribution in [3.8, 4) is 16.9 Å². The number of nitrogens with zero attached hydrogens (tertiary/aromatic N) is 2. The summed E-state index contributed by atoms with van der Waals surface area (Å²) in [4.78, 5) is 0.313. The van der Waals surface area contributed by atoms with Gasteiger partial charge in [0, 0.05) is 11.8 Å². The lowest BCUT2D eigenvalue weighted by atomic mass is 10.1. The van der Waals surface area contributed by atoms with Gasteiger partial charge in [0.15, 0.2) is 9.84 Å². The summed E-state index contributed by atoms with van der Waals surface area (Å²) < 4.78 is 25.2. The van der Waals surface area contributed by atoms with Gasteiger partial charge in [0.05, 0.1) is 22.0 Å². The molecule has 5 heteroatoms. The lowest BCUT2D eigenvalue weighted by Gasteiger charge is -2.08. The Morgan fingerprint density at radius 1 is 1.04 bits per heavy atom. The first kappa shape index (κ1) is 17.2. The van der Waals surface area contributed by atoms with Crippen LogP contribution in [0, 0.1) is 0 Å². The van der Waals surface area contributed by atoms with Gasteiger partial charge in [-0.1, -0.05) is 43.3 Å². The molecule has 4 nitrogen and oxygen atoms in total. The summed E-state index contributed by atoms with van der Waals surface area (Å²) in [7, 11) is -3.20.